The maximum absolute atomic E-state index is 7.06. The van der Waals surface area contributed by atoms with Gasteiger partial charge in [0.2, 0.25) is 0 Å². The summed E-state index contributed by atoms with van der Waals surface area (Å²) in [6.07, 6.45) is 2.70. The van der Waals surface area contributed by atoms with Crippen LogP contribution in [-0.4, -0.2) is 77.4 Å². The van der Waals surface area contributed by atoms with Crippen molar-refractivity contribution in [1.29, 1.82) is 0 Å². The topological polar surface area (TPSA) is 57.0 Å². The first-order valence-corrected chi connectivity index (χ1v) is 9.86. The summed E-state index contributed by atoms with van der Waals surface area (Å²) in [6.45, 7) is 5.82. The molecule has 0 saturated carbocycles. The summed E-state index contributed by atoms with van der Waals surface area (Å²) < 4.78 is 18.4. The Labute approximate surface area is 118 Å². The van der Waals surface area contributed by atoms with Gasteiger partial charge in [-0.25, -0.2) is 0 Å². The van der Waals surface area contributed by atoms with Crippen LogP contribution in [0, 0.1) is 0 Å². The third-order valence-corrected chi connectivity index (χ3v) is 9.93. The van der Waals surface area contributed by atoms with Gasteiger partial charge in [0.15, 0.2) is 0 Å². The third-order valence-electron chi connectivity index (χ3n) is 4.02. The van der Waals surface area contributed by atoms with E-state index in [-0.39, 0.29) is 0 Å². The van der Waals surface area contributed by atoms with Crippen LogP contribution in [0.2, 0.25) is 0 Å². The number of nitrogens with two attached hydrogens (primary N) is 1. The van der Waals surface area contributed by atoms with Gasteiger partial charge in [0.25, 0.3) is 0 Å². The van der Waals surface area contributed by atoms with Crippen LogP contribution in [0.3, 0.4) is 0 Å². The summed E-state index contributed by atoms with van der Waals surface area (Å²) in [6, 6.07) is 0. The van der Waals surface area contributed by atoms with Crippen molar-refractivity contribution in [3.63, 3.8) is 0 Å². The van der Waals surface area contributed by atoms with Crippen molar-refractivity contribution in [2.24, 2.45) is 5.50 Å². The number of ether oxygens (including phenoxy) is 3. The van der Waals surface area contributed by atoms with Crippen molar-refractivity contribution in [2.45, 2.75) is 13.8 Å². The van der Waals surface area contributed by atoms with E-state index in [1.807, 2.05) is 0 Å². The molecule has 0 aliphatic heterocycles. The molecule has 0 atom stereocenters. The zero-order chi connectivity index (χ0) is 14.8. The van der Waals surface area contributed by atoms with E-state index in [4.69, 9.17) is 19.7 Å². The number of rotatable bonds is 12. The molecular formula is C13H33N2O3P. The minimum atomic E-state index is -2.52. The predicted molar refractivity (Wildman–Crippen MR) is 84.3 cm³/mol. The maximum atomic E-state index is 7.06. The molecule has 19 heavy (non-hydrogen) atoms. The molecule has 2 N–H and O–H groups in total. The number of nitrogens with zero attached hydrogens (tertiary/aromatic N) is 1. The van der Waals surface area contributed by atoms with Crippen LogP contribution in [-0.2, 0) is 14.2 Å². The average Bonchev–Trinajstić information content (AvgIpc) is 2.43. The SMILES string of the molecule is CCN(CC)P(N)(CCOC)(CCOC)CCOC. The normalized spacial score (nSPS) is 14.6. The summed E-state index contributed by atoms with van der Waals surface area (Å²) in [7, 11) is 5.20. The Balaban J connectivity index is 5.26. The average molecular weight is 296 g/mol. The fraction of sp³-hybridized carbons (Fsp3) is 1.00. The Kier molecular flexibility index (Phi) is 9.33. The first-order chi connectivity index (χ1) is 9.01. The van der Waals surface area contributed by atoms with Crippen LogP contribution < -0.4 is 5.50 Å². The quantitative estimate of drug-likeness (QED) is 0.555. The zero-order valence-corrected chi connectivity index (χ0v) is 14.2. The van der Waals surface area contributed by atoms with E-state index in [0.717, 1.165) is 31.6 Å². The van der Waals surface area contributed by atoms with Gasteiger partial charge >= 0.3 is 118 Å². The van der Waals surface area contributed by atoms with Crippen molar-refractivity contribution in [1.82, 2.24) is 4.67 Å². The van der Waals surface area contributed by atoms with Crippen LogP contribution in [0.15, 0.2) is 0 Å². The Hall–Kier alpha value is 0.230. The van der Waals surface area contributed by atoms with E-state index in [2.05, 4.69) is 18.5 Å². The predicted octanol–water partition coefficient (Wildman–Crippen LogP) is 1.61. The van der Waals surface area contributed by atoms with Gasteiger partial charge in [-0.2, -0.15) is 0 Å². The summed E-state index contributed by atoms with van der Waals surface area (Å²) in [5, 5.41) is 0. The van der Waals surface area contributed by atoms with Crippen molar-refractivity contribution >= 4 is 6.90 Å². The van der Waals surface area contributed by atoms with E-state index < -0.39 is 6.90 Å². The van der Waals surface area contributed by atoms with Crippen molar-refractivity contribution < 1.29 is 14.2 Å². The van der Waals surface area contributed by atoms with Gasteiger partial charge in [0.05, 0.1) is 0 Å². The van der Waals surface area contributed by atoms with Crippen molar-refractivity contribution in [3.8, 4) is 0 Å². The van der Waals surface area contributed by atoms with E-state index >= 15 is 0 Å². The molecule has 0 unspecified atom stereocenters. The molecule has 0 bridgehead atoms. The van der Waals surface area contributed by atoms with Gasteiger partial charge in [-0.1, -0.05) is 0 Å². The Morgan fingerprint density at radius 3 is 1.32 bits per heavy atom. The zero-order valence-electron chi connectivity index (χ0n) is 13.4. The van der Waals surface area contributed by atoms with Crippen LogP contribution in [0.4, 0.5) is 0 Å². The molecule has 0 aliphatic rings. The molecule has 0 aliphatic carbocycles. The second-order valence-electron chi connectivity index (χ2n) is 5.05. The van der Waals surface area contributed by atoms with Crippen LogP contribution >= 0.6 is 6.90 Å². The van der Waals surface area contributed by atoms with E-state index in [9.17, 15) is 0 Å². The van der Waals surface area contributed by atoms with Crippen molar-refractivity contribution in [2.75, 3.05) is 72.7 Å². The van der Waals surface area contributed by atoms with Gasteiger partial charge in [-0.3, -0.25) is 0 Å². The summed E-state index contributed by atoms with van der Waals surface area (Å²) in [5.74, 6) is 0. The van der Waals surface area contributed by atoms with Gasteiger partial charge in [-0.15, -0.1) is 0 Å². The van der Waals surface area contributed by atoms with Crippen LogP contribution in [0.5, 0.6) is 0 Å². The fourth-order valence-corrected chi connectivity index (χ4v) is 7.62. The second-order valence-corrected chi connectivity index (χ2v) is 10.5. The Bertz CT molecular complexity index is 213. The number of hydrogen-bond donors (Lipinski definition) is 1. The molecule has 0 fully saturated rings. The monoisotopic (exact) mass is 296 g/mol. The van der Waals surface area contributed by atoms with Gasteiger partial charge in [0, 0.05) is 0 Å². The molecular weight excluding hydrogens is 263 g/mol. The number of methoxy groups -OCH3 is 3. The first-order valence-electron chi connectivity index (χ1n) is 7.04. The Morgan fingerprint density at radius 1 is 0.789 bits per heavy atom. The molecule has 0 radical (unpaired) electrons. The Morgan fingerprint density at radius 2 is 1.11 bits per heavy atom. The molecule has 0 spiro atoms. The summed E-state index contributed by atoms with van der Waals surface area (Å²) in [4.78, 5) is 0. The fourth-order valence-electron chi connectivity index (χ4n) is 2.69. The van der Waals surface area contributed by atoms with Crippen molar-refractivity contribution in [3.05, 3.63) is 0 Å². The number of hydrogen-bond acceptors (Lipinski definition) is 5. The second kappa shape index (κ2) is 9.22. The molecule has 0 amide bonds. The molecule has 0 aromatic carbocycles. The molecule has 0 heterocycles. The van der Waals surface area contributed by atoms with E-state index in [1.165, 1.54) is 0 Å². The van der Waals surface area contributed by atoms with Gasteiger partial charge in [0.1, 0.15) is 0 Å². The molecule has 0 aromatic rings. The summed E-state index contributed by atoms with van der Waals surface area (Å²) in [5.41, 5.74) is 7.06. The molecule has 0 aromatic heterocycles. The summed E-state index contributed by atoms with van der Waals surface area (Å²) >= 11 is 0. The molecule has 0 rings (SSSR count). The first kappa shape index (κ1) is 19.2. The van der Waals surface area contributed by atoms with Crippen LogP contribution in [0.25, 0.3) is 0 Å². The third kappa shape index (κ3) is 5.25. The van der Waals surface area contributed by atoms with Gasteiger partial charge in [-0.05, 0) is 0 Å². The van der Waals surface area contributed by atoms with Gasteiger partial charge < -0.3 is 0 Å². The van der Waals surface area contributed by atoms with Crippen LogP contribution in [0.1, 0.15) is 13.8 Å². The standard InChI is InChI=1S/C13H33N2O3P/c1-6-15(7-2)19(14,11-8-16-3,12-9-17-4)13-10-18-5/h6-14H2,1-5H3. The minimum absolute atomic E-state index is 0.693. The molecule has 118 valence electrons. The van der Waals surface area contributed by atoms with E-state index in [1.54, 1.807) is 21.3 Å². The molecule has 0 saturated heterocycles. The van der Waals surface area contributed by atoms with E-state index in [0.29, 0.717) is 19.8 Å². The molecule has 5 nitrogen and oxygen atoms in total. The molecule has 6 heteroatoms.